The topological polar surface area (TPSA) is 104 Å². The first kappa shape index (κ1) is 27.0. The Hall–Kier alpha value is -3.58. The van der Waals surface area contributed by atoms with Gasteiger partial charge in [0.2, 0.25) is 0 Å². The van der Waals surface area contributed by atoms with Crippen molar-refractivity contribution in [3.8, 4) is 5.75 Å². The molecule has 1 amide bonds. The average molecular weight is 551 g/mol. The van der Waals surface area contributed by atoms with Crippen molar-refractivity contribution in [2.75, 3.05) is 50.6 Å². The van der Waals surface area contributed by atoms with E-state index in [-0.39, 0.29) is 45.6 Å². The van der Waals surface area contributed by atoms with E-state index >= 15 is 4.39 Å². The number of carbonyl (C=O) groups excluding carboxylic acids is 1. The van der Waals surface area contributed by atoms with Gasteiger partial charge in [-0.15, -0.1) is 0 Å². The van der Waals surface area contributed by atoms with Crippen LogP contribution in [0.4, 0.5) is 34.8 Å². The van der Waals surface area contributed by atoms with Crippen LogP contribution in [0.5, 0.6) is 5.75 Å². The molecule has 4 N–H and O–H groups in total. The van der Waals surface area contributed by atoms with Crippen LogP contribution in [0.3, 0.4) is 0 Å². The molecule has 0 bridgehead atoms. The molecule has 1 aromatic carbocycles. The summed E-state index contributed by atoms with van der Waals surface area (Å²) >= 11 is 0. The fraction of sp³-hybridized carbons (Fsp3) is 0.462. The monoisotopic (exact) mass is 550 g/mol. The first-order valence-electron chi connectivity index (χ1n) is 12.8. The molecule has 9 nitrogen and oxygen atoms in total. The second kappa shape index (κ2) is 10.9. The Morgan fingerprint density at radius 3 is 2.56 bits per heavy atom. The third kappa shape index (κ3) is 5.59. The van der Waals surface area contributed by atoms with Crippen LogP contribution in [-0.2, 0) is 10.9 Å². The number of ether oxygens (including phenoxy) is 2. The van der Waals surface area contributed by atoms with Gasteiger partial charge in [0.1, 0.15) is 23.0 Å². The second-order valence-electron chi connectivity index (χ2n) is 9.64. The minimum absolute atomic E-state index is 0.00888. The number of rotatable bonds is 8. The van der Waals surface area contributed by atoms with Gasteiger partial charge in [0, 0.05) is 49.7 Å². The summed E-state index contributed by atoms with van der Waals surface area (Å²) in [7, 11) is 1.38. The molecule has 0 saturated carbocycles. The van der Waals surface area contributed by atoms with Gasteiger partial charge in [0.15, 0.2) is 0 Å². The summed E-state index contributed by atoms with van der Waals surface area (Å²) in [6, 6.07) is 4.20. The number of halogens is 4. The van der Waals surface area contributed by atoms with E-state index in [0.717, 1.165) is 51.4 Å². The summed E-state index contributed by atoms with van der Waals surface area (Å²) < 4.78 is 66.3. The quantitative estimate of drug-likeness (QED) is 0.307. The number of aromatic nitrogens is 2. The molecule has 2 aromatic heterocycles. The first-order valence-corrected chi connectivity index (χ1v) is 12.8. The third-order valence-corrected chi connectivity index (χ3v) is 7.11. The molecule has 0 spiro atoms. The number of methoxy groups -OCH3 is 1. The number of hydrogen-bond acceptors (Lipinski definition) is 7. The van der Waals surface area contributed by atoms with Crippen LogP contribution in [0, 0.1) is 5.82 Å². The lowest BCUT2D eigenvalue weighted by Crippen LogP contribution is -2.54. The lowest BCUT2D eigenvalue weighted by molar-refractivity contribution is -0.136. The summed E-state index contributed by atoms with van der Waals surface area (Å²) in [4.78, 5) is 22.1. The number of aromatic amines is 1. The molecule has 210 valence electrons. The molecule has 2 aliphatic heterocycles. The highest BCUT2D eigenvalue weighted by molar-refractivity contribution is 5.97. The van der Waals surface area contributed by atoms with Crippen molar-refractivity contribution in [2.45, 2.75) is 38.0 Å². The highest BCUT2D eigenvalue weighted by Gasteiger charge is 2.35. The zero-order valence-corrected chi connectivity index (χ0v) is 21.5. The molecule has 2 fully saturated rings. The molecule has 2 saturated heterocycles. The number of piperidine rings is 1. The molecule has 5 rings (SSSR count). The van der Waals surface area contributed by atoms with Crippen LogP contribution in [0.1, 0.15) is 35.7 Å². The maximum Gasteiger partial charge on any atom is 0.418 e. The van der Waals surface area contributed by atoms with Gasteiger partial charge >= 0.3 is 6.18 Å². The number of anilines is 3. The maximum absolute atomic E-state index is 15.1. The first-order chi connectivity index (χ1) is 18.7. The van der Waals surface area contributed by atoms with Gasteiger partial charge in [0.05, 0.1) is 48.6 Å². The fourth-order valence-corrected chi connectivity index (χ4v) is 4.99. The Bertz CT molecular complexity index is 1350. The molecule has 13 heteroatoms. The van der Waals surface area contributed by atoms with Crippen molar-refractivity contribution in [3.05, 3.63) is 41.3 Å². The summed E-state index contributed by atoms with van der Waals surface area (Å²) in [6.45, 7) is 5.28. The van der Waals surface area contributed by atoms with Crippen LogP contribution in [0.2, 0.25) is 0 Å². The number of likely N-dealkylation sites (tertiary alicyclic amines) is 1. The van der Waals surface area contributed by atoms with Crippen molar-refractivity contribution in [3.63, 3.8) is 0 Å². The Kier molecular flexibility index (Phi) is 7.54. The number of nitrogens with zero attached hydrogens (tertiary/aromatic N) is 2. The number of fused-ring (bicyclic) bond motifs is 1. The number of amides is 1. The van der Waals surface area contributed by atoms with Crippen LogP contribution < -0.4 is 20.7 Å². The Morgan fingerprint density at radius 1 is 1.21 bits per heavy atom. The van der Waals surface area contributed by atoms with E-state index < -0.39 is 23.5 Å². The smallest absolute Gasteiger partial charge is 0.418 e. The van der Waals surface area contributed by atoms with Crippen LogP contribution in [0.15, 0.2) is 24.4 Å². The highest BCUT2D eigenvalue weighted by Crippen LogP contribution is 2.39. The summed E-state index contributed by atoms with van der Waals surface area (Å²) in [5.41, 5.74) is -0.614. The standard InChI is InChI=1S/C26H30F4N6O3/c1-3-31-20-10-22(35-24-23(20)17(11-32-24)26(28,29)30)34-19-9-18(27)16(8-21(19)38-2)25(37)33-14-4-6-36(7-5-14)15-12-39-13-15/h8-11,14-15H,3-7,12-13H2,1-2H3,(H,33,37)(H3,31,32,34,35). The zero-order valence-electron chi connectivity index (χ0n) is 21.5. The molecular formula is C26H30F4N6O3. The lowest BCUT2D eigenvalue weighted by Gasteiger charge is -2.41. The number of hydrogen-bond donors (Lipinski definition) is 4. The maximum atomic E-state index is 15.1. The summed E-state index contributed by atoms with van der Waals surface area (Å²) in [5.74, 6) is -0.974. The van der Waals surface area contributed by atoms with E-state index in [9.17, 15) is 18.0 Å². The van der Waals surface area contributed by atoms with E-state index in [1.807, 2.05) is 0 Å². The number of nitrogens with one attached hydrogen (secondary N) is 4. The molecule has 0 atom stereocenters. The number of benzene rings is 1. The molecule has 4 heterocycles. The van der Waals surface area contributed by atoms with Crippen molar-refractivity contribution in [1.29, 1.82) is 0 Å². The molecule has 2 aliphatic rings. The number of H-pyrrole nitrogens is 1. The van der Waals surface area contributed by atoms with Gasteiger partial charge in [-0.05, 0) is 25.8 Å². The predicted octanol–water partition coefficient (Wildman–Crippen LogP) is 4.50. The molecule has 0 unspecified atom stereocenters. The van der Waals surface area contributed by atoms with E-state index in [0.29, 0.717) is 12.6 Å². The molecule has 39 heavy (non-hydrogen) atoms. The van der Waals surface area contributed by atoms with Gasteiger partial charge in [-0.25, -0.2) is 9.37 Å². The lowest BCUT2D eigenvalue weighted by atomic mass is 10.0. The van der Waals surface area contributed by atoms with E-state index in [1.54, 1.807) is 6.92 Å². The average Bonchev–Trinajstić information content (AvgIpc) is 3.29. The summed E-state index contributed by atoms with van der Waals surface area (Å²) in [6.07, 6.45) is -2.18. The highest BCUT2D eigenvalue weighted by atomic mass is 19.4. The Morgan fingerprint density at radius 2 is 1.95 bits per heavy atom. The molecule has 0 radical (unpaired) electrons. The Labute approximate surface area is 222 Å². The van der Waals surface area contributed by atoms with Gasteiger partial charge in [-0.3, -0.25) is 9.69 Å². The third-order valence-electron chi connectivity index (χ3n) is 7.11. The van der Waals surface area contributed by atoms with Crippen molar-refractivity contribution < 1.29 is 31.8 Å². The molecule has 0 aliphatic carbocycles. The number of alkyl halides is 3. The van der Waals surface area contributed by atoms with Crippen LogP contribution in [-0.4, -0.2) is 72.8 Å². The van der Waals surface area contributed by atoms with Crippen LogP contribution >= 0.6 is 0 Å². The van der Waals surface area contributed by atoms with Gasteiger partial charge < -0.3 is 30.4 Å². The number of pyridine rings is 1. The van der Waals surface area contributed by atoms with E-state index in [1.165, 1.54) is 19.2 Å². The minimum atomic E-state index is -4.57. The molecule has 3 aromatic rings. The summed E-state index contributed by atoms with van der Waals surface area (Å²) in [5, 5.41) is 8.67. The van der Waals surface area contributed by atoms with E-state index in [4.69, 9.17) is 9.47 Å². The predicted molar refractivity (Wildman–Crippen MR) is 138 cm³/mol. The second-order valence-corrected chi connectivity index (χ2v) is 9.64. The fourth-order valence-electron chi connectivity index (χ4n) is 4.99. The largest absolute Gasteiger partial charge is 0.495 e. The van der Waals surface area contributed by atoms with Crippen LogP contribution in [0.25, 0.3) is 11.0 Å². The van der Waals surface area contributed by atoms with Gasteiger partial charge in [0.25, 0.3) is 5.91 Å². The van der Waals surface area contributed by atoms with Gasteiger partial charge in [-0.2, -0.15) is 13.2 Å². The van der Waals surface area contributed by atoms with Crippen molar-refractivity contribution in [2.24, 2.45) is 0 Å². The Balaban J connectivity index is 1.34. The van der Waals surface area contributed by atoms with Crippen molar-refractivity contribution >= 4 is 34.1 Å². The minimum Gasteiger partial charge on any atom is -0.495 e. The van der Waals surface area contributed by atoms with Gasteiger partial charge in [-0.1, -0.05) is 0 Å². The SMILES string of the molecule is CCNc1cc(Nc2cc(F)c(C(=O)NC3CCN(C4COC4)CC3)cc2OC)nc2[nH]cc(C(F)(F)F)c12. The normalized spacial score (nSPS) is 17.2. The zero-order chi connectivity index (χ0) is 27.7. The van der Waals surface area contributed by atoms with Crippen molar-refractivity contribution in [1.82, 2.24) is 20.2 Å². The van der Waals surface area contributed by atoms with E-state index in [2.05, 4.69) is 30.8 Å². The molecular weight excluding hydrogens is 520 g/mol. The number of carbonyl (C=O) groups is 1.